The van der Waals surface area contributed by atoms with Gasteiger partial charge in [0, 0.05) is 0 Å². The molecule has 2 nitrogen and oxygen atoms in total. The highest BCUT2D eigenvalue weighted by Crippen LogP contribution is 2.24. The van der Waals surface area contributed by atoms with E-state index in [0.29, 0.717) is 5.75 Å². The van der Waals surface area contributed by atoms with Crippen molar-refractivity contribution in [2.45, 2.75) is 0 Å². The van der Waals surface area contributed by atoms with E-state index in [-0.39, 0.29) is 5.75 Å². The van der Waals surface area contributed by atoms with Gasteiger partial charge in [-0.1, -0.05) is 24.3 Å². The minimum atomic E-state index is -0.415. The molecule has 0 N–H and O–H groups in total. The monoisotopic (exact) mass is 226 g/mol. The molecule has 0 saturated heterocycles. The molecule has 0 amide bonds. The Morgan fingerprint density at radius 2 is 1.94 bits per heavy atom. The summed E-state index contributed by atoms with van der Waals surface area (Å²) in [5, 5.41) is 8.54. The summed E-state index contributed by atoms with van der Waals surface area (Å²) in [6, 6.07) is 15.0. The van der Waals surface area contributed by atoms with Crippen LogP contribution >= 0.6 is 0 Å². The van der Waals surface area contributed by atoms with Crippen molar-refractivity contribution in [3.63, 3.8) is 0 Å². The first-order chi connectivity index (χ1) is 8.29. The fourth-order valence-electron chi connectivity index (χ4n) is 1.40. The number of hydrogen-bond acceptors (Lipinski definition) is 2. The van der Waals surface area contributed by atoms with Crippen LogP contribution in [0, 0.1) is 23.6 Å². The van der Waals surface area contributed by atoms with Crippen molar-refractivity contribution in [2.24, 2.45) is 0 Å². The average molecular weight is 226 g/mol. The van der Waals surface area contributed by atoms with Crippen LogP contribution < -0.4 is 4.74 Å². The number of para-hydroxylation sites is 1. The largest absolute Gasteiger partial charge is 0.454 e. The third-order valence-corrected chi connectivity index (χ3v) is 2.15. The third-order valence-electron chi connectivity index (χ3n) is 2.15. The van der Waals surface area contributed by atoms with Gasteiger partial charge in [0.15, 0.2) is 11.6 Å². The molecule has 0 fully saturated rings. The van der Waals surface area contributed by atoms with E-state index in [1.807, 2.05) is 6.07 Å². The Kier molecular flexibility index (Phi) is 3.37. The van der Waals surface area contributed by atoms with Gasteiger partial charge in [-0.3, -0.25) is 0 Å². The molecule has 0 aromatic heterocycles. The van der Waals surface area contributed by atoms with Crippen molar-refractivity contribution in [1.82, 2.24) is 0 Å². The summed E-state index contributed by atoms with van der Waals surface area (Å²) in [6.45, 7) is 0. The van der Waals surface area contributed by atoms with Crippen LogP contribution in [0.4, 0.5) is 4.39 Å². The van der Waals surface area contributed by atoms with Crippen molar-refractivity contribution in [1.29, 1.82) is 5.26 Å². The van der Waals surface area contributed by atoms with Gasteiger partial charge >= 0.3 is 0 Å². The van der Waals surface area contributed by atoms with Crippen molar-refractivity contribution in [3.05, 3.63) is 66.3 Å². The number of nitriles is 1. The van der Waals surface area contributed by atoms with Crippen molar-refractivity contribution in [2.75, 3.05) is 0 Å². The number of hydrogen-bond donors (Lipinski definition) is 0. The molecule has 2 aromatic rings. The molecule has 1 radical (unpaired) electrons. The molecule has 2 rings (SSSR count). The third kappa shape index (κ3) is 2.82. The van der Waals surface area contributed by atoms with Crippen LogP contribution in [0.25, 0.3) is 0 Å². The first-order valence-electron chi connectivity index (χ1n) is 5.05. The summed E-state index contributed by atoms with van der Waals surface area (Å²) in [5.74, 6) is 0.253. The topological polar surface area (TPSA) is 33.0 Å². The van der Waals surface area contributed by atoms with Gasteiger partial charge in [0.05, 0.1) is 12.5 Å². The van der Waals surface area contributed by atoms with E-state index in [9.17, 15) is 4.39 Å². The lowest BCUT2D eigenvalue weighted by atomic mass is 10.1. The molecule has 3 heteroatoms. The number of halogens is 1. The van der Waals surface area contributed by atoms with E-state index in [1.165, 1.54) is 12.5 Å². The van der Waals surface area contributed by atoms with Crippen LogP contribution in [-0.2, 0) is 0 Å². The Hall–Kier alpha value is -2.34. The molecule has 83 valence electrons. The summed E-state index contributed by atoms with van der Waals surface area (Å²) in [4.78, 5) is 0. The van der Waals surface area contributed by atoms with Gasteiger partial charge in [-0.2, -0.15) is 5.26 Å². The maximum absolute atomic E-state index is 13.3. The van der Waals surface area contributed by atoms with E-state index in [2.05, 4.69) is 0 Å². The summed E-state index contributed by atoms with van der Waals surface area (Å²) in [5.41, 5.74) is 0.723. The zero-order valence-corrected chi connectivity index (χ0v) is 8.93. The molecule has 0 bridgehead atoms. The second kappa shape index (κ2) is 5.13. The molecule has 17 heavy (non-hydrogen) atoms. The quantitative estimate of drug-likeness (QED) is 0.799. The number of nitrogens with zero attached hydrogens (tertiary/aromatic N) is 1. The maximum atomic E-state index is 13.3. The number of rotatable bonds is 3. The molecule has 0 heterocycles. The molecular formula is C14H9FNO. The SMILES string of the molecule is N#C[CH]c1cccc(Oc2ccccc2F)c1. The van der Waals surface area contributed by atoms with Gasteiger partial charge in [-0.05, 0) is 29.8 Å². The molecule has 0 aliphatic carbocycles. The average Bonchev–Trinajstić information content (AvgIpc) is 2.33. The minimum absolute atomic E-state index is 0.168. The van der Waals surface area contributed by atoms with Crippen LogP contribution in [0.5, 0.6) is 11.5 Å². The van der Waals surface area contributed by atoms with E-state index >= 15 is 0 Å². The predicted octanol–water partition coefficient (Wildman–Crippen LogP) is 3.69. The second-order valence-corrected chi connectivity index (χ2v) is 3.38. The van der Waals surface area contributed by atoms with E-state index < -0.39 is 5.82 Å². The highest BCUT2D eigenvalue weighted by Gasteiger charge is 2.03. The Morgan fingerprint density at radius 1 is 1.12 bits per heavy atom. The maximum Gasteiger partial charge on any atom is 0.165 e. The van der Waals surface area contributed by atoms with Crippen molar-refractivity contribution in [3.8, 4) is 17.6 Å². The smallest absolute Gasteiger partial charge is 0.165 e. The zero-order chi connectivity index (χ0) is 12.1. The summed E-state index contributed by atoms with van der Waals surface area (Å²) in [7, 11) is 0. The minimum Gasteiger partial charge on any atom is -0.454 e. The standard InChI is InChI=1S/C14H9FNO/c15-13-6-1-2-7-14(13)17-12-5-3-4-11(10-12)8-9-16/h1-8,10H. The van der Waals surface area contributed by atoms with Gasteiger partial charge in [-0.15, -0.1) is 0 Å². The Balaban J connectivity index is 2.22. The van der Waals surface area contributed by atoms with Gasteiger partial charge < -0.3 is 4.74 Å². The van der Waals surface area contributed by atoms with Gasteiger partial charge in [0.2, 0.25) is 0 Å². The Morgan fingerprint density at radius 3 is 2.71 bits per heavy atom. The highest BCUT2D eigenvalue weighted by molar-refractivity contribution is 5.39. The zero-order valence-electron chi connectivity index (χ0n) is 8.93. The lowest BCUT2D eigenvalue weighted by Gasteiger charge is -2.07. The van der Waals surface area contributed by atoms with Gasteiger partial charge in [0.1, 0.15) is 5.75 Å². The van der Waals surface area contributed by atoms with Crippen LogP contribution in [0.15, 0.2) is 48.5 Å². The molecular weight excluding hydrogens is 217 g/mol. The van der Waals surface area contributed by atoms with Crippen LogP contribution in [-0.4, -0.2) is 0 Å². The van der Waals surface area contributed by atoms with E-state index in [4.69, 9.17) is 10.00 Å². The lowest BCUT2D eigenvalue weighted by molar-refractivity contribution is 0.442. The molecule has 0 unspecified atom stereocenters. The first kappa shape index (κ1) is 11.2. The molecule has 0 aliphatic heterocycles. The molecule has 0 atom stereocenters. The number of benzene rings is 2. The Bertz CT molecular complexity index is 560. The normalized spacial score (nSPS) is 9.65. The summed E-state index contributed by atoms with van der Waals surface area (Å²) >= 11 is 0. The van der Waals surface area contributed by atoms with Crippen LogP contribution in [0.1, 0.15) is 5.56 Å². The van der Waals surface area contributed by atoms with E-state index in [1.54, 1.807) is 42.5 Å². The molecule has 0 spiro atoms. The fourth-order valence-corrected chi connectivity index (χ4v) is 1.40. The first-order valence-corrected chi connectivity index (χ1v) is 5.05. The molecule has 0 saturated carbocycles. The van der Waals surface area contributed by atoms with Crippen LogP contribution in [0.3, 0.4) is 0 Å². The molecule has 0 aliphatic rings. The van der Waals surface area contributed by atoms with Gasteiger partial charge in [-0.25, -0.2) is 4.39 Å². The van der Waals surface area contributed by atoms with Gasteiger partial charge in [0.25, 0.3) is 0 Å². The molecule has 2 aromatic carbocycles. The lowest BCUT2D eigenvalue weighted by Crippen LogP contribution is -1.88. The van der Waals surface area contributed by atoms with Crippen molar-refractivity contribution >= 4 is 0 Å². The summed E-state index contributed by atoms with van der Waals surface area (Å²) in [6.07, 6.45) is 1.40. The fraction of sp³-hybridized carbons (Fsp3) is 0. The van der Waals surface area contributed by atoms with Crippen molar-refractivity contribution < 1.29 is 9.13 Å². The number of ether oxygens (including phenoxy) is 1. The van der Waals surface area contributed by atoms with Crippen LogP contribution in [0.2, 0.25) is 0 Å². The second-order valence-electron chi connectivity index (χ2n) is 3.38. The highest BCUT2D eigenvalue weighted by atomic mass is 19.1. The summed E-state index contributed by atoms with van der Waals surface area (Å²) < 4.78 is 18.7. The Labute approximate surface area is 98.9 Å². The predicted molar refractivity (Wildman–Crippen MR) is 61.9 cm³/mol. The van der Waals surface area contributed by atoms with E-state index in [0.717, 1.165) is 5.56 Å².